The van der Waals surface area contributed by atoms with E-state index in [9.17, 15) is 9.50 Å². The highest BCUT2D eigenvalue weighted by Crippen LogP contribution is 2.24. The van der Waals surface area contributed by atoms with Gasteiger partial charge in [-0.2, -0.15) is 0 Å². The van der Waals surface area contributed by atoms with Gasteiger partial charge < -0.3 is 5.11 Å². The van der Waals surface area contributed by atoms with E-state index >= 15 is 0 Å². The van der Waals surface area contributed by atoms with Gasteiger partial charge in [0.1, 0.15) is 5.82 Å². The summed E-state index contributed by atoms with van der Waals surface area (Å²) in [5.41, 5.74) is 0.780. The Labute approximate surface area is 111 Å². The van der Waals surface area contributed by atoms with E-state index in [2.05, 4.69) is 22.5 Å². The molecule has 0 aliphatic carbocycles. The van der Waals surface area contributed by atoms with Gasteiger partial charge in [0.05, 0.1) is 6.10 Å². The summed E-state index contributed by atoms with van der Waals surface area (Å²) in [6.07, 6.45) is 2.10. The van der Waals surface area contributed by atoms with Crippen molar-refractivity contribution in [3.05, 3.63) is 44.2 Å². The quantitative estimate of drug-likeness (QED) is 0.477. The molecule has 0 spiro atoms. The normalized spacial score (nSPS) is 12.5. The molecule has 1 atom stereocenters. The molecule has 1 rings (SSSR count). The van der Waals surface area contributed by atoms with Crippen molar-refractivity contribution in [2.45, 2.75) is 18.9 Å². The van der Waals surface area contributed by atoms with Gasteiger partial charge in [0.15, 0.2) is 0 Å². The minimum absolute atomic E-state index is 0.250. The first-order valence-corrected chi connectivity index (χ1v) is 6.34. The summed E-state index contributed by atoms with van der Waals surface area (Å²) < 4.78 is 14.7. The highest BCUT2D eigenvalue weighted by Gasteiger charge is 2.10. The molecule has 0 heterocycles. The van der Waals surface area contributed by atoms with Crippen LogP contribution in [0.4, 0.5) is 4.39 Å². The van der Waals surface area contributed by atoms with Crippen molar-refractivity contribution in [1.82, 2.24) is 0 Å². The van der Waals surface area contributed by atoms with Gasteiger partial charge in [-0.3, -0.25) is 0 Å². The lowest BCUT2D eigenvalue weighted by Gasteiger charge is -2.10. The summed E-state index contributed by atoms with van der Waals surface area (Å²) in [6.45, 7) is 3.55. The van der Waals surface area contributed by atoms with Crippen molar-refractivity contribution >= 4 is 38.5 Å². The van der Waals surface area contributed by atoms with Gasteiger partial charge in [-0.1, -0.05) is 22.0 Å². The molecular formula is C11H11BrFIO. The average Bonchev–Trinajstić information content (AvgIpc) is 2.14. The SMILES string of the molecule is C=CCC(O)Cc1cc(F)c(I)cc1Br. The molecule has 4 heteroatoms. The molecule has 15 heavy (non-hydrogen) atoms. The summed E-state index contributed by atoms with van der Waals surface area (Å²) >= 11 is 5.29. The van der Waals surface area contributed by atoms with Crippen LogP contribution in [0.25, 0.3) is 0 Å². The number of rotatable bonds is 4. The summed E-state index contributed by atoms with van der Waals surface area (Å²) in [5.74, 6) is -0.250. The molecule has 0 amide bonds. The summed E-state index contributed by atoms with van der Waals surface area (Å²) in [6, 6.07) is 3.17. The molecule has 82 valence electrons. The Bertz CT molecular complexity index is 368. The summed E-state index contributed by atoms with van der Waals surface area (Å²) in [4.78, 5) is 0. The Hall–Kier alpha value is 0.0600. The number of hydrogen-bond acceptors (Lipinski definition) is 1. The number of aliphatic hydroxyl groups is 1. The van der Waals surface area contributed by atoms with Crippen LogP contribution in [0.1, 0.15) is 12.0 Å². The van der Waals surface area contributed by atoms with Crippen molar-refractivity contribution in [3.8, 4) is 0 Å². The van der Waals surface area contributed by atoms with Crippen molar-refractivity contribution in [1.29, 1.82) is 0 Å². The molecule has 0 saturated heterocycles. The lowest BCUT2D eigenvalue weighted by molar-refractivity contribution is 0.178. The smallest absolute Gasteiger partial charge is 0.136 e. The molecule has 1 N–H and O–H groups in total. The Morgan fingerprint density at radius 1 is 1.60 bits per heavy atom. The fourth-order valence-electron chi connectivity index (χ4n) is 1.25. The van der Waals surface area contributed by atoms with E-state index in [0.29, 0.717) is 16.4 Å². The number of hydrogen-bond donors (Lipinski definition) is 1. The maximum atomic E-state index is 13.3. The lowest BCUT2D eigenvalue weighted by atomic mass is 10.1. The minimum atomic E-state index is -0.502. The fraction of sp³-hybridized carbons (Fsp3) is 0.273. The molecule has 0 fully saturated rings. The molecule has 0 radical (unpaired) electrons. The van der Waals surface area contributed by atoms with E-state index in [-0.39, 0.29) is 5.82 Å². The maximum Gasteiger partial charge on any atom is 0.136 e. The van der Waals surface area contributed by atoms with Gasteiger partial charge >= 0.3 is 0 Å². The van der Waals surface area contributed by atoms with Crippen LogP contribution in [-0.4, -0.2) is 11.2 Å². The first-order valence-electron chi connectivity index (χ1n) is 4.47. The molecular weight excluding hydrogens is 374 g/mol. The fourth-order valence-corrected chi connectivity index (χ4v) is 2.65. The van der Waals surface area contributed by atoms with E-state index in [1.54, 1.807) is 12.1 Å². The van der Waals surface area contributed by atoms with Crippen LogP contribution in [0.2, 0.25) is 0 Å². The monoisotopic (exact) mass is 384 g/mol. The maximum absolute atomic E-state index is 13.3. The van der Waals surface area contributed by atoms with Gasteiger partial charge in [-0.05, 0) is 53.1 Å². The van der Waals surface area contributed by atoms with Crippen LogP contribution in [0.15, 0.2) is 29.3 Å². The number of benzene rings is 1. The van der Waals surface area contributed by atoms with E-state index in [1.807, 2.05) is 22.6 Å². The zero-order valence-corrected chi connectivity index (χ0v) is 11.8. The Morgan fingerprint density at radius 3 is 2.87 bits per heavy atom. The first-order chi connectivity index (χ1) is 7.04. The molecule has 1 unspecified atom stereocenters. The molecule has 0 aliphatic heterocycles. The van der Waals surface area contributed by atoms with Gasteiger partial charge in [0.25, 0.3) is 0 Å². The van der Waals surface area contributed by atoms with Crippen LogP contribution in [-0.2, 0) is 6.42 Å². The van der Waals surface area contributed by atoms with Crippen LogP contribution in [0.5, 0.6) is 0 Å². The van der Waals surface area contributed by atoms with Gasteiger partial charge in [0, 0.05) is 8.04 Å². The summed E-state index contributed by atoms with van der Waals surface area (Å²) in [7, 11) is 0. The Morgan fingerprint density at radius 2 is 2.27 bits per heavy atom. The topological polar surface area (TPSA) is 20.2 Å². The molecule has 0 saturated carbocycles. The standard InChI is InChI=1S/C11H11BrFIO/c1-2-3-8(15)4-7-5-10(13)11(14)6-9(7)12/h2,5-6,8,15H,1,3-4H2. The molecule has 1 nitrogen and oxygen atoms in total. The van der Waals surface area contributed by atoms with Crippen LogP contribution >= 0.6 is 38.5 Å². The predicted molar refractivity (Wildman–Crippen MR) is 71.3 cm³/mol. The van der Waals surface area contributed by atoms with Crippen molar-refractivity contribution in [2.24, 2.45) is 0 Å². The van der Waals surface area contributed by atoms with Crippen molar-refractivity contribution in [2.75, 3.05) is 0 Å². The largest absolute Gasteiger partial charge is 0.392 e. The highest BCUT2D eigenvalue weighted by molar-refractivity contribution is 14.1. The van der Waals surface area contributed by atoms with Crippen LogP contribution in [0.3, 0.4) is 0 Å². The molecule has 1 aromatic rings. The first kappa shape index (κ1) is 13.1. The minimum Gasteiger partial charge on any atom is -0.392 e. The zero-order chi connectivity index (χ0) is 11.4. The van der Waals surface area contributed by atoms with Crippen molar-refractivity contribution in [3.63, 3.8) is 0 Å². The van der Waals surface area contributed by atoms with Crippen molar-refractivity contribution < 1.29 is 9.50 Å². The molecule has 1 aromatic carbocycles. The third kappa shape index (κ3) is 3.85. The second kappa shape index (κ2) is 5.96. The average molecular weight is 385 g/mol. The summed E-state index contributed by atoms with van der Waals surface area (Å²) in [5, 5.41) is 9.57. The van der Waals surface area contributed by atoms with Gasteiger partial charge in [0.2, 0.25) is 0 Å². The van der Waals surface area contributed by atoms with Gasteiger partial charge in [-0.25, -0.2) is 4.39 Å². The predicted octanol–water partition coefficient (Wildman–Crippen LogP) is 3.67. The lowest BCUT2D eigenvalue weighted by Crippen LogP contribution is -2.09. The van der Waals surface area contributed by atoms with Crippen LogP contribution < -0.4 is 0 Å². The van der Waals surface area contributed by atoms with E-state index < -0.39 is 6.10 Å². The second-order valence-electron chi connectivity index (χ2n) is 3.24. The molecule has 0 bridgehead atoms. The van der Waals surface area contributed by atoms with E-state index in [0.717, 1.165) is 10.0 Å². The van der Waals surface area contributed by atoms with Crippen LogP contribution in [0, 0.1) is 9.39 Å². The second-order valence-corrected chi connectivity index (χ2v) is 5.26. The number of halogens is 3. The van der Waals surface area contributed by atoms with Gasteiger partial charge in [-0.15, -0.1) is 6.58 Å². The zero-order valence-electron chi connectivity index (χ0n) is 8.01. The molecule has 0 aromatic heterocycles. The van der Waals surface area contributed by atoms with E-state index in [1.165, 1.54) is 6.07 Å². The Kier molecular flexibility index (Phi) is 5.22. The third-order valence-electron chi connectivity index (χ3n) is 1.98. The Balaban J connectivity index is 2.85. The third-order valence-corrected chi connectivity index (χ3v) is 3.55. The number of aliphatic hydroxyl groups excluding tert-OH is 1. The highest BCUT2D eigenvalue weighted by atomic mass is 127. The molecule has 0 aliphatic rings. The van der Waals surface area contributed by atoms with E-state index in [4.69, 9.17) is 0 Å².